The molecular formula is C11H22FN. The third-order valence-corrected chi connectivity index (χ3v) is 3.50. The van der Waals surface area contributed by atoms with E-state index in [1.165, 1.54) is 12.8 Å². The Kier molecular flexibility index (Phi) is 4.17. The van der Waals surface area contributed by atoms with Crippen LogP contribution in [0.2, 0.25) is 0 Å². The first kappa shape index (κ1) is 11.0. The maximum atomic E-state index is 13.2. The van der Waals surface area contributed by atoms with Gasteiger partial charge in [0.05, 0.1) is 0 Å². The molecule has 1 aliphatic rings. The van der Waals surface area contributed by atoms with Gasteiger partial charge in [-0.1, -0.05) is 13.8 Å². The van der Waals surface area contributed by atoms with Crippen LogP contribution in [0.1, 0.15) is 39.5 Å². The summed E-state index contributed by atoms with van der Waals surface area (Å²) in [7, 11) is 0. The summed E-state index contributed by atoms with van der Waals surface area (Å²) in [4.78, 5) is 0. The Labute approximate surface area is 80.9 Å². The third kappa shape index (κ3) is 2.94. The van der Waals surface area contributed by atoms with Gasteiger partial charge >= 0.3 is 0 Å². The number of hydrogen-bond donors (Lipinski definition) is 1. The zero-order valence-corrected chi connectivity index (χ0v) is 8.80. The summed E-state index contributed by atoms with van der Waals surface area (Å²) < 4.78 is 13.2. The lowest BCUT2D eigenvalue weighted by molar-refractivity contribution is 0.143. The van der Waals surface area contributed by atoms with E-state index in [0.717, 1.165) is 24.7 Å². The number of rotatable bonds is 3. The molecule has 13 heavy (non-hydrogen) atoms. The fraction of sp³-hybridized carbons (Fsp3) is 1.00. The average molecular weight is 187 g/mol. The highest BCUT2D eigenvalue weighted by atomic mass is 19.1. The summed E-state index contributed by atoms with van der Waals surface area (Å²) in [5.74, 6) is 1.83. The molecule has 0 heterocycles. The zero-order valence-electron chi connectivity index (χ0n) is 8.80. The average Bonchev–Trinajstić information content (AvgIpc) is 2.17. The molecule has 2 N–H and O–H groups in total. The Morgan fingerprint density at radius 2 is 1.62 bits per heavy atom. The molecule has 1 unspecified atom stereocenters. The molecule has 1 atom stereocenters. The van der Waals surface area contributed by atoms with Crippen LogP contribution in [0.15, 0.2) is 0 Å². The molecule has 0 saturated heterocycles. The van der Waals surface area contributed by atoms with Crippen molar-refractivity contribution in [3.05, 3.63) is 0 Å². The van der Waals surface area contributed by atoms with Gasteiger partial charge < -0.3 is 5.73 Å². The molecule has 1 rings (SSSR count). The van der Waals surface area contributed by atoms with Gasteiger partial charge in [-0.25, -0.2) is 4.39 Å². The fourth-order valence-corrected chi connectivity index (χ4v) is 2.37. The Balaban J connectivity index is 2.30. The van der Waals surface area contributed by atoms with Gasteiger partial charge in [-0.3, -0.25) is 0 Å². The second-order valence-corrected chi connectivity index (χ2v) is 4.67. The van der Waals surface area contributed by atoms with Crippen LogP contribution in [0.25, 0.3) is 0 Å². The Morgan fingerprint density at radius 3 is 2.00 bits per heavy atom. The van der Waals surface area contributed by atoms with Crippen molar-refractivity contribution in [2.24, 2.45) is 23.5 Å². The van der Waals surface area contributed by atoms with Crippen LogP contribution in [0, 0.1) is 17.8 Å². The molecule has 1 nitrogen and oxygen atoms in total. The Morgan fingerprint density at radius 1 is 1.15 bits per heavy atom. The predicted molar refractivity (Wildman–Crippen MR) is 54.2 cm³/mol. The molecule has 0 spiro atoms. The van der Waals surface area contributed by atoms with Gasteiger partial charge in [0.15, 0.2) is 0 Å². The monoisotopic (exact) mass is 187 g/mol. The third-order valence-electron chi connectivity index (χ3n) is 3.50. The van der Waals surface area contributed by atoms with Crippen LogP contribution in [-0.4, -0.2) is 12.7 Å². The van der Waals surface area contributed by atoms with Gasteiger partial charge in [0, 0.05) is 6.54 Å². The lowest BCUT2D eigenvalue weighted by Crippen LogP contribution is -2.29. The largest absolute Gasteiger partial charge is 0.328 e. The fourth-order valence-electron chi connectivity index (χ4n) is 2.37. The van der Waals surface area contributed by atoms with Crippen molar-refractivity contribution in [2.45, 2.75) is 45.7 Å². The smallest absolute Gasteiger partial charge is 0.115 e. The number of alkyl halides is 1. The SMILES string of the molecule is CC(C)C1CCC(C(F)CN)CC1. The van der Waals surface area contributed by atoms with Crippen molar-refractivity contribution in [1.82, 2.24) is 0 Å². The number of halogens is 1. The van der Waals surface area contributed by atoms with Crippen LogP contribution in [0.5, 0.6) is 0 Å². The van der Waals surface area contributed by atoms with Crippen LogP contribution in [0.3, 0.4) is 0 Å². The van der Waals surface area contributed by atoms with E-state index in [2.05, 4.69) is 13.8 Å². The summed E-state index contributed by atoms with van der Waals surface area (Å²) in [6.45, 7) is 4.73. The van der Waals surface area contributed by atoms with Crippen LogP contribution in [0.4, 0.5) is 4.39 Å². The first-order valence-corrected chi connectivity index (χ1v) is 5.49. The summed E-state index contributed by atoms with van der Waals surface area (Å²) in [5, 5.41) is 0. The number of nitrogens with two attached hydrogens (primary N) is 1. The zero-order chi connectivity index (χ0) is 9.84. The summed E-state index contributed by atoms with van der Waals surface area (Å²) in [5.41, 5.74) is 5.32. The maximum absolute atomic E-state index is 13.2. The van der Waals surface area contributed by atoms with Crippen LogP contribution in [-0.2, 0) is 0 Å². The van der Waals surface area contributed by atoms with Gasteiger partial charge in [-0.2, -0.15) is 0 Å². The standard InChI is InChI=1S/C11H22FN/c1-8(2)9-3-5-10(6-4-9)11(12)7-13/h8-11H,3-7,13H2,1-2H3. The Bertz CT molecular complexity index is 139. The summed E-state index contributed by atoms with van der Waals surface area (Å²) in [6, 6.07) is 0. The highest BCUT2D eigenvalue weighted by molar-refractivity contribution is 4.79. The van der Waals surface area contributed by atoms with Gasteiger partial charge in [0.1, 0.15) is 6.17 Å². The van der Waals surface area contributed by atoms with Crippen molar-refractivity contribution < 1.29 is 4.39 Å². The van der Waals surface area contributed by atoms with E-state index < -0.39 is 6.17 Å². The molecule has 1 aliphatic carbocycles. The minimum absolute atomic E-state index is 0.205. The summed E-state index contributed by atoms with van der Waals surface area (Å²) >= 11 is 0. The minimum Gasteiger partial charge on any atom is -0.328 e. The van der Waals surface area contributed by atoms with Crippen molar-refractivity contribution in [3.8, 4) is 0 Å². The molecule has 0 aliphatic heterocycles. The van der Waals surface area contributed by atoms with Crippen molar-refractivity contribution >= 4 is 0 Å². The highest BCUT2D eigenvalue weighted by Gasteiger charge is 2.27. The summed E-state index contributed by atoms with van der Waals surface area (Å²) in [6.07, 6.45) is 3.72. The second kappa shape index (κ2) is 4.94. The normalized spacial score (nSPS) is 32.1. The molecule has 0 bridgehead atoms. The molecule has 2 heteroatoms. The molecule has 0 amide bonds. The Hall–Kier alpha value is -0.110. The van der Waals surface area contributed by atoms with Crippen LogP contribution >= 0.6 is 0 Å². The quantitative estimate of drug-likeness (QED) is 0.722. The van der Waals surface area contributed by atoms with E-state index in [1.807, 2.05) is 0 Å². The first-order chi connectivity index (χ1) is 6.15. The molecule has 0 aromatic heterocycles. The van der Waals surface area contributed by atoms with Gasteiger partial charge in [-0.15, -0.1) is 0 Å². The maximum Gasteiger partial charge on any atom is 0.115 e. The molecule has 0 aromatic carbocycles. The van der Waals surface area contributed by atoms with Crippen molar-refractivity contribution in [2.75, 3.05) is 6.54 Å². The van der Waals surface area contributed by atoms with Crippen molar-refractivity contribution in [1.29, 1.82) is 0 Å². The molecule has 1 saturated carbocycles. The minimum atomic E-state index is -0.756. The van der Waals surface area contributed by atoms with Crippen LogP contribution < -0.4 is 5.73 Å². The lowest BCUT2D eigenvalue weighted by Gasteiger charge is -2.32. The van der Waals surface area contributed by atoms with Gasteiger partial charge in [-0.05, 0) is 43.4 Å². The lowest BCUT2D eigenvalue weighted by atomic mass is 9.75. The van der Waals surface area contributed by atoms with Gasteiger partial charge in [0.2, 0.25) is 0 Å². The topological polar surface area (TPSA) is 26.0 Å². The highest BCUT2D eigenvalue weighted by Crippen LogP contribution is 2.35. The first-order valence-electron chi connectivity index (χ1n) is 5.49. The number of hydrogen-bond acceptors (Lipinski definition) is 1. The van der Waals surface area contributed by atoms with E-state index in [4.69, 9.17) is 5.73 Å². The molecule has 0 aromatic rings. The van der Waals surface area contributed by atoms with Gasteiger partial charge in [0.25, 0.3) is 0 Å². The van der Waals surface area contributed by atoms with E-state index in [1.54, 1.807) is 0 Å². The van der Waals surface area contributed by atoms with E-state index in [0.29, 0.717) is 0 Å². The van der Waals surface area contributed by atoms with E-state index in [-0.39, 0.29) is 12.5 Å². The van der Waals surface area contributed by atoms with E-state index in [9.17, 15) is 4.39 Å². The molecule has 1 fully saturated rings. The predicted octanol–water partition coefficient (Wildman–Crippen LogP) is 2.75. The van der Waals surface area contributed by atoms with E-state index >= 15 is 0 Å². The molecule has 78 valence electrons. The second-order valence-electron chi connectivity index (χ2n) is 4.67. The van der Waals surface area contributed by atoms with Crippen molar-refractivity contribution in [3.63, 3.8) is 0 Å². The molecular weight excluding hydrogens is 165 g/mol. The molecule has 0 radical (unpaired) electrons.